The lowest BCUT2D eigenvalue weighted by molar-refractivity contribution is -0.138. The molecule has 1 N–H and O–H groups in total. The van der Waals surface area contributed by atoms with Crippen LogP contribution in [0.1, 0.15) is 31.9 Å². The van der Waals surface area contributed by atoms with Crippen LogP contribution in [0.25, 0.3) is 0 Å². The van der Waals surface area contributed by atoms with Gasteiger partial charge in [0, 0.05) is 25.2 Å². The molecule has 0 amide bonds. The van der Waals surface area contributed by atoms with Crippen molar-refractivity contribution in [3.63, 3.8) is 0 Å². The van der Waals surface area contributed by atoms with Crippen LogP contribution in [0.2, 0.25) is 0 Å². The number of rotatable bonds is 7. The van der Waals surface area contributed by atoms with E-state index in [1.54, 1.807) is 11.9 Å². The topological polar surface area (TPSA) is 15.3 Å². The summed E-state index contributed by atoms with van der Waals surface area (Å²) in [6, 6.07) is 9.89. The van der Waals surface area contributed by atoms with Gasteiger partial charge in [-0.2, -0.15) is 13.2 Å². The smallest absolute Gasteiger partial charge is 0.313 e. The molecule has 0 spiro atoms. The van der Waals surface area contributed by atoms with Crippen molar-refractivity contribution in [3.05, 3.63) is 35.9 Å². The summed E-state index contributed by atoms with van der Waals surface area (Å²) < 4.78 is 37.1. The summed E-state index contributed by atoms with van der Waals surface area (Å²) in [6.07, 6.45) is -4.89. The highest BCUT2D eigenvalue weighted by molar-refractivity contribution is 5.19. The molecule has 0 heterocycles. The van der Waals surface area contributed by atoms with Crippen molar-refractivity contribution in [2.75, 3.05) is 20.1 Å². The Morgan fingerprint density at radius 3 is 2.25 bits per heavy atom. The SMILES string of the molecule is CC(C)NCC(c1ccccc1)N(C)CCC(F)(F)F. The van der Waals surface area contributed by atoms with Crippen molar-refractivity contribution in [3.8, 4) is 0 Å². The van der Waals surface area contributed by atoms with E-state index in [2.05, 4.69) is 5.32 Å². The minimum Gasteiger partial charge on any atom is -0.313 e. The molecule has 5 heteroatoms. The van der Waals surface area contributed by atoms with E-state index in [0.29, 0.717) is 12.6 Å². The maximum absolute atomic E-state index is 12.4. The first-order chi connectivity index (χ1) is 9.29. The van der Waals surface area contributed by atoms with Gasteiger partial charge in [-0.25, -0.2) is 0 Å². The number of hydrogen-bond acceptors (Lipinski definition) is 2. The second-order valence-electron chi connectivity index (χ2n) is 5.34. The van der Waals surface area contributed by atoms with Crippen LogP contribution < -0.4 is 5.32 Å². The van der Waals surface area contributed by atoms with Crippen molar-refractivity contribution < 1.29 is 13.2 Å². The summed E-state index contributed by atoms with van der Waals surface area (Å²) in [5, 5.41) is 3.30. The number of alkyl halides is 3. The minimum atomic E-state index is -4.11. The summed E-state index contributed by atoms with van der Waals surface area (Å²) in [7, 11) is 1.74. The summed E-state index contributed by atoms with van der Waals surface area (Å²) in [5.41, 5.74) is 1.03. The highest BCUT2D eigenvalue weighted by Gasteiger charge is 2.28. The lowest BCUT2D eigenvalue weighted by atomic mass is 10.1. The highest BCUT2D eigenvalue weighted by atomic mass is 19.4. The monoisotopic (exact) mass is 288 g/mol. The zero-order chi connectivity index (χ0) is 15.2. The summed E-state index contributed by atoms with van der Waals surface area (Å²) in [5.74, 6) is 0. The molecule has 0 aliphatic carbocycles. The van der Waals surface area contributed by atoms with Gasteiger partial charge in [-0.15, -0.1) is 0 Å². The highest BCUT2D eigenvalue weighted by Crippen LogP contribution is 2.23. The van der Waals surface area contributed by atoms with Gasteiger partial charge in [0.1, 0.15) is 0 Å². The van der Waals surface area contributed by atoms with Gasteiger partial charge < -0.3 is 5.32 Å². The van der Waals surface area contributed by atoms with Gasteiger partial charge in [0.05, 0.1) is 6.42 Å². The second-order valence-corrected chi connectivity index (χ2v) is 5.34. The number of benzene rings is 1. The van der Waals surface area contributed by atoms with E-state index in [0.717, 1.165) is 5.56 Å². The summed E-state index contributed by atoms with van der Waals surface area (Å²) >= 11 is 0. The van der Waals surface area contributed by atoms with E-state index >= 15 is 0 Å². The van der Waals surface area contributed by atoms with E-state index < -0.39 is 12.6 Å². The van der Waals surface area contributed by atoms with Crippen LogP contribution in [0.3, 0.4) is 0 Å². The lowest BCUT2D eigenvalue weighted by Gasteiger charge is -2.30. The fourth-order valence-electron chi connectivity index (χ4n) is 2.01. The molecular weight excluding hydrogens is 265 g/mol. The predicted molar refractivity (Wildman–Crippen MR) is 75.6 cm³/mol. The molecule has 2 nitrogen and oxygen atoms in total. The molecular formula is C15H23F3N2. The maximum atomic E-state index is 12.4. The number of nitrogens with zero attached hydrogens (tertiary/aromatic N) is 1. The third-order valence-electron chi connectivity index (χ3n) is 3.18. The second kappa shape index (κ2) is 7.64. The van der Waals surface area contributed by atoms with Crippen molar-refractivity contribution in [1.82, 2.24) is 10.2 Å². The molecule has 1 aromatic rings. The van der Waals surface area contributed by atoms with Gasteiger partial charge in [-0.3, -0.25) is 4.90 Å². The molecule has 0 saturated heterocycles. The first kappa shape index (κ1) is 17.0. The maximum Gasteiger partial charge on any atom is 0.390 e. The summed E-state index contributed by atoms with van der Waals surface area (Å²) in [6.45, 7) is 4.69. The Labute approximate surface area is 119 Å². The average Bonchev–Trinajstić information content (AvgIpc) is 2.36. The number of nitrogens with one attached hydrogen (secondary N) is 1. The quantitative estimate of drug-likeness (QED) is 0.824. The zero-order valence-electron chi connectivity index (χ0n) is 12.2. The first-order valence-electron chi connectivity index (χ1n) is 6.85. The Hall–Kier alpha value is -1.07. The Morgan fingerprint density at radius 2 is 1.75 bits per heavy atom. The van der Waals surface area contributed by atoms with Crippen molar-refractivity contribution >= 4 is 0 Å². The normalized spacial score (nSPS) is 14.0. The molecule has 0 radical (unpaired) electrons. The van der Waals surface area contributed by atoms with Crippen molar-refractivity contribution in [2.24, 2.45) is 0 Å². The molecule has 1 aromatic carbocycles. The van der Waals surface area contributed by atoms with Crippen LogP contribution in [-0.2, 0) is 0 Å². The van der Waals surface area contributed by atoms with Crippen LogP contribution in [0.5, 0.6) is 0 Å². The molecule has 1 rings (SSSR count). The van der Waals surface area contributed by atoms with Crippen LogP contribution in [0.15, 0.2) is 30.3 Å². The van der Waals surface area contributed by atoms with Crippen LogP contribution in [0.4, 0.5) is 13.2 Å². The third kappa shape index (κ3) is 6.39. The molecule has 0 aromatic heterocycles. The fourth-order valence-corrected chi connectivity index (χ4v) is 2.01. The molecule has 1 unspecified atom stereocenters. The third-order valence-corrected chi connectivity index (χ3v) is 3.18. The summed E-state index contributed by atoms with van der Waals surface area (Å²) in [4.78, 5) is 1.76. The molecule has 0 bridgehead atoms. The molecule has 114 valence electrons. The molecule has 0 fully saturated rings. The Balaban J connectivity index is 2.71. The number of hydrogen-bond donors (Lipinski definition) is 1. The number of likely N-dealkylation sites (N-methyl/N-ethyl adjacent to an activating group) is 1. The molecule has 1 atom stereocenters. The molecule has 0 aliphatic heterocycles. The van der Waals surface area contributed by atoms with E-state index in [-0.39, 0.29) is 12.6 Å². The molecule has 0 aliphatic rings. The average molecular weight is 288 g/mol. The van der Waals surface area contributed by atoms with Gasteiger partial charge in [0.2, 0.25) is 0 Å². The largest absolute Gasteiger partial charge is 0.390 e. The fraction of sp³-hybridized carbons (Fsp3) is 0.600. The predicted octanol–water partition coefficient (Wildman–Crippen LogP) is 3.61. The van der Waals surface area contributed by atoms with E-state index in [1.807, 2.05) is 44.2 Å². The lowest BCUT2D eigenvalue weighted by Crippen LogP contribution is -2.37. The van der Waals surface area contributed by atoms with Crippen LogP contribution in [0, 0.1) is 0 Å². The zero-order valence-corrected chi connectivity index (χ0v) is 12.2. The van der Waals surface area contributed by atoms with Gasteiger partial charge in [-0.1, -0.05) is 44.2 Å². The molecule has 20 heavy (non-hydrogen) atoms. The minimum absolute atomic E-state index is 0.00281. The standard InChI is InChI=1S/C15H23F3N2/c1-12(2)19-11-14(13-7-5-4-6-8-13)20(3)10-9-15(16,17)18/h4-8,12,14,19H,9-11H2,1-3H3. The van der Waals surface area contributed by atoms with Gasteiger partial charge in [-0.05, 0) is 12.6 Å². The Bertz CT molecular complexity index is 376. The van der Waals surface area contributed by atoms with E-state index in [1.165, 1.54) is 0 Å². The first-order valence-corrected chi connectivity index (χ1v) is 6.85. The Morgan fingerprint density at radius 1 is 1.15 bits per heavy atom. The van der Waals surface area contributed by atoms with Gasteiger partial charge in [0.15, 0.2) is 0 Å². The van der Waals surface area contributed by atoms with E-state index in [4.69, 9.17) is 0 Å². The Kier molecular flexibility index (Phi) is 6.49. The number of halogens is 3. The van der Waals surface area contributed by atoms with Crippen molar-refractivity contribution in [1.29, 1.82) is 0 Å². The molecule has 0 saturated carbocycles. The van der Waals surface area contributed by atoms with Crippen molar-refractivity contribution in [2.45, 2.75) is 38.5 Å². The van der Waals surface area contributed by atoms with Gasteiger partial charge >= 0.3 is 6.18 Å². The van der Waals surface area contributed by atoms with Crippen LogP contribution in [-0.4, -0.2) is 37.3 Å². The van der Waals surface area contributed by atoms with Gasteiger partial charge in [0.25, 0.3) is 0 Å². The van der Waals surface area contributed by atoms with Crippen LogP contribution >= 0.6 is 0 Å². The van der Waals surface area contributed by atoms with E-state index in [9.17, 15) is 13.2 Å².